The van der Waals surface area contributed by atoms with Gasteiger partial charge in [-0.25, -0.2) is 9.37 Å². The minimum atomic E-state index is -0.454. The van der Waals surface area contributed by atoms with E-state index in [9.17, 15) is 4.39 Å². The number of hydrogen-bond acceptors (Lipinski definition) is 4. The molecule has 156 valence electrons. The Labute approximate surface area is 193 Å². The number of halogens is 2. The lowest BCUT2D eigenvalue weighted by molar-refractivity contribution is 0.617. The second-order valence-corrected chi connectivity index (χ2v) is 7.94. The number of nitrogen functional groups attached to an aromatic ring is 1. The predicted molar refractivity (Wildman–Crippen MR) is 130 cm³/mol. The van der Waals surface area contributed by atoms with Crippen LogP contribution in [-0.4, -0.2) is 14.5 Å². The van der Waals surface area contributed by atoms with Crippen molar-refractivity contribution in [3.63, 3.8) is 0 Å². The first-order valence-electron chi connectivity index (χ1n) is 9.83. The number of anilines is 1. The third-order valence-electron chi connectivity index (χ3n) is 5.22. The predicted octanol–water partition coefficient (Wildman–Crippen LogP) is 6.86. The van der Waals surface area contributed by atoms with E-state index in [1.165, 1.54) is 10.6 Å². The highest BCUT2D eigenvalue weighted by Crippen LogP contribution is 2.38. The van der Waals surface area contributed by atoms with E-state index in [1.54, 1.807) is 24.3 Å². The summed E-state index contributed by atoms with van der Waals surface area (Å²) < 4.78 is 16.2. The molecule has 0 saturated heterocycles. The lowest BCUT2D eigenvalue weighted by Gasteiger charge is -2.17. The number of rotatable bonds is 3. The van der Waals surface area contributed by atoms with Crippen LogP contribution in [0.1, 0.15) is 0 Å². The van der Waals surface area contributed by atoms with Crippen LogP contribution in [0.4, 0.5) is 10.2 Å². The standard InChI is InChI=1S/C25H16ClFN4S/c26-18-11-5-4-10-16(18)17-14-20(15-8-2-1-3-9-15)29-24-22(17)23(28)31(25(32)30-24)21-13-7-6-12-19(21)27/h1-14H,28H2. The molecule has 0 unspecified atom stereocenters. The number of benzene rings is 3. The topological polar surface area (TPSA) is 56.7 Å². The molecule has 0 saturated carbocycles. The largest absolute Gasteiger partial charge is 0.384 e. The summed E-state index contributed by atoms with van der Waals surface area (Å²) in [6, 6.07) is 25.4. The van der Waals surface area contributed by atoms with E-state index in [0.717, 1.165) is 16.7 Å². The van der Waals surface area contributed by atoms with Crippen molar-refractivity contribution in [2.75, 3.05) is 5.73 Å². The molecular formula is C25H16ClFN4S. The number of aromatic nitrogens is 3. The lowest BCUT2D eigenvalue weighted by atomic mass is 9.99. The van der Waals surface area contributed by atoms with Gasteiger partial charge in [-0.3, -0.25) is 4.57 Å². The maximum Gasteiger partial charge on any atom is 0.207 e. The van der Waals surface area contributed by atoms with Gasteiger partial charge in [0.1, 0.15) is 11.6 Å². The zero-order valence-electron chi connectivity index (χ0n) is 16.7. The molecule has 0 amide bonds. The molecule has 0 bridgehead atoms. The summed E-state index contributed by atoms with van der Waals surface area (Å²) in [5, 5.41) is 1.10. The van der Waals surface area contributed by atoms with Crippen molar-refractivity contribution in [2.45, 2.75) is 0 Å². The summed E-state index contributed by atoms with van der Waals surface area (Å²) in [6.45, 7) is 0. The van der Waals surface area contributed by atoms with Gasteiger partial charge in [-0.15, -0.1) is 0 Å². The van der Waals surface area contributed by atoms with E-state index in [4.69, 9.17) is 34.5 Å². The SMILES string of the molecule is Nc1c2c(-c3ccccc3Cl)cc(-c3ccccc3)nc2nc(=S)n1-c1ccccc1F. The normalized spacial score (nSPS) is 11.1. The zero-order valence-corrected chi connectivity index (χ0v) is 18.2. The fraction of sp³-hybridized carbons (Fsp3) is 0. The molecule has 0 atom stereocenters. The molecule has 2 heterocycles. The molecule has 7 heteroatoms. The van der Waals surface area contributed by atoms with E-state index in [1.807, 2.05) is 54.6 Å². The summed E-state index contributed by atoms with van der Waals surface area (Å²) in [5.41, 5.74) is 10.3. The highest BCUT2D eigenvalue weighted by molar-refractivity contribution is 7.71. The highest BCUT2D eigenvalue weighted by Gasteiger charge is 2.19. The van der Waals surface area contributed by atoms with Crippen LogP contribution in [0.5, 0.6) is 0 Å². The number of fused-ring (bicyclic) bond motifs is 1. The van der Waals surface area contributed by atoms with Gasteiger partial charge in [-0.1, -0.05) is 72.3 Å². The Balaban J connectivity index is 1.91. The van der Waals surface area contributed by atoms with Crippen molar-refractivity contribution in [3.05, 3.63) is 101 Å². The van der Waals surface area contributed by atoms with Crippen LogP contribution in [0.15, 0.2) is 84.9 Å². The van der Waals surface area contributed by atoms with E-state index in [0.29, 0.717) is 21.7 Å². The number of pyridine rings is 1. The van der Waals surface area contributed by atoms with Crippen LogP contribution >= 0.6 is 23.8 Å². The van der Waals surface area contributed by atoms with Crippen molar-refractivity contribution in [2.24, 2.45) is 0 Å². The Bertz CT molecular complexity index is 1530. The summed E-state index contributed by atoms with van der Waals surface area (Å²) in [5.74, 6) is -0.211. The average molecular weight is 459 g/mol. The number of nitrogens with zero attached hydrogens (tertiary/aromatic N) is 3. The van der Waals surface area contributed by atoms with Gasteiger partial charge in [0.25, 0.3) is 0 Å². The van der Waals surface area contributed by atoms with Crippen molar-refractivity contribution in [3.8, 4) is 28.1 Å². The number of nitrogens with two attached hydrogens (primary N) is 1. The zero-order chi connectivity index (χ0) is 22.2. The van der Waals surface area contributed by atoms with Gasteiger partial charge >= 0.3 is 0 Å². The molecule has 5 aromatic rings. The summed E-state index contributed by atoms with van der Waals surface area (Å²) in [7, 11) is 0. The molecular weight excluding hydrogens is 443 g/mol. The van der Waals surface area contributed by atoms with Gasteiger partial charge in [-0.2, -0.15) is 4.98 Å². The second kappa shape index (κ2) is 8.15. The maximum atomic E-state index is 14.6. The van der Waals surface area contributed by atoms with E-state index in [2.05, 4.69) is 4.98 Å². The van der Waals surface area contributed by atoms with E-state index in [-0.39, 0.29) is 16.3 Å². The first kappa shape index (κ1) is 20.3. The van der Waals surface area contributed by atoms with Gasteiger partial charge in [0.05, 0.1) is 16.8 Å². The molecule has 5 rings (SSSR count). The van der Waals surface area contributed by atoms with E-state index >= 15 is 0 Å². The van der Waals surface area contributed by atoms with Gasteiger partial charge in [0.15, 0.2) is 5.65 Å². The molecule has 0 aliphatic carbocycles. The van der Waals surface area contributed by atoms with Crippen LogP contribution in [0.25, 0.3) is 39.1 Å². The average Bonchev–Trinajstić information content (AvgIpc) is 2.80. The molecule has 0 aliphatic heterocycles. The third kappa shape index (κ3) is 3.43. The van der Waals surface area contributed by atoms with Crippen LogP contribution in [0.3, 0.4) is 0 Å². The number of hydrogen-bond donors (Lipinski definition) is 1. The Morgan fingerprint density at radius 3 is 2.28 bits per heavy atom. The van der Waals surface area contributed by atoms with Crippen molar-refractivity contribution in [1.82, 2.24) is 14.5 Å². The molecule has 0 fully saturated rings. The van der Waals surface area contributed by atoms with Crippen LogP contribution in [0.2, 0.25) is 5.02 Å². The Morgan fingerprint density at radius 2 is 1.53 bits per heavy atom. The minimum Gasteiger partial charge on any atom is -0.384 e. The first-order chi connectivity index (χ1) is 15.5. The van der Waals surface area contributed by atoms with Crippen LogP contribution in [0, 0.1) is 10.6 Å². The maximum absolute atomic E-state index is 14.6. The quantitative estimate of drug-likeness (QED) is 0.300. The van der Waals surface area contributed by atoms with Crippen molar-refractivity contribution < 1.29 is 4.39 Å². The number of para-hydroxylation sites is 1. The molecule has 4 nitrogen and oxygen atoms in total. The van der Waals surface area contributed by atoms with Crippen LogP contribution < -0.4 is 5.73 Å². The first-order valence-corrected chi connectivity index (χ1v) is 10.6. The van der Waals surface area contributed by atoms with Gasteiger partial charge < -0.3 is 5.73 Å². The lowest BCUT2D eigenvalue weighted by Crippen LogP contribution is -2.10. The van der Waals surface area contributed by atoms with Gasteiger partial charge in [-0.05, 0) is 42.0 Å². The molecule has 0 radical (unpaired) electrons. The molecule has 0 aliphatic rings. The summed E-state index contributed by atoms with van der Waals surface area (Å²) in [6.07, 6.45) is 0. The van der Waals surface area contributed by atoms with Crippen molar-refractivity contribution in [1.29, 1.82) is 0 Å². The summed E-state index contributed by atoms with van der Waals surface area (Å²) >= 11 is 12.0. The fourth-order valence-electron chi connectivity index (χ4n) is 3.74. The van der Waals surface area contributed by atoms with Gasteiger partial charge in [0, 0.05) is 16.1 Å². The second-order valence-electron chi connectivity index (χ2n) is 7.17. The molecule has 3 aromatic carbocycles. The molecule has 2 N–H and O–H groups in total. The molecule has 32 heavy (non-hydrogen) atoms. The Hall–Kier alpha value is -3.61. The summed E-state index contributed by atoms with van der Waals surface area (Å²) in [4.78, 5) is 9.27. The van der Waals surface area contributed by atoms with Crippen LogP contribution in [-0.2, 0) is 0 Å². The fourth-order valence-corrected chi connectivity index (χ4v) is 4.26. The van der Waals surface area contributed by atoms with E-state index < -0.39 is 5.82 Å². The monoisotopic (exact) mass is 458 g/mol. The third-order valence-corrected chi connectivity index (χ3v) is 5.82. The minimum absolute atomic E-state index is 0.114. The molecule has 0 spiro atoms. The Morgan fingerprint density at radius 1 is 0.844 bits per heavy atom. The Kier molecular flexibility index (Phi) is 5.17. The van der Waals surface area contributed by atoms with Gasteiger partial charge in [0.2, 0.25) is 4.77 Å². The van der Waals surface area contributed by atoms with Crippen molar-refractivity contribution >= 4 is 40.7 Å². The smallest absolute Gasteiger partial charge is 0.207 e. The molecule has 2 aromatic heterocycles. The highest BCUT2D eigenvalue weighted by atomic mass is 35.5.